The Balaban J connectivity index is 1.76. The van der Waals surface area contributed by atoms with Crippen LogP contribution < -0.4 is 15.4 Å². The number of benzene rings is 2. The molecule has 0 saturated heterocycles. The summed E-state index contributed by atoms with van der Waals surface area (Å²) in [7, 11) is 1.71. The van der Waals surface area contributed by atoms with Gasteiger partial charge in [0.05, 0.1) is 7.11 Å². The molecule has 0 fully saturated rings. The lowest BCUT2D eigenvalue weighted by atomic mass is 10.1. The predicted molar refractivity (Wildman–Crippen MR) is 101 cm³/mol. The Morgan fingerprint density at radius 2 is 1.78 bits per heavy atom. The molecule has 2 N–H and O–H groups in total. The van der Waals surface area contributed by atoms with E-state index in [1.54, 1.807) is 7.11 Å². The highest BCUT2D eigenvalue weighted by Crippen LogP contribution is 2.18. The first kappa shape index (κ1) is 17.3. The Bertz CT molecular complexity index is 650. The van der Waals surface area contributed by atoms with Crippen LogP contribution in [0, 0.1) is 13.8 Å². The number of hydrogen-bond acceptors (Lipinski definition) is 2. The molecule has 4 heteroatoms. The second-order valence-electron chi connectivity index (χ2n) is 5.67. The van der Waals surface area contributed by atoms with Gasteiger partial charge in [0.1, 0.15) is 5.75 Å². The molecule has 0 aromatic heterocycles. The lowest BCUT2D eigenvalue weighted by molar-refractivity contribution is 0.409. The zero-order valence-corrected chi connectivity index (χ0v) is 14.8. The van der Waals surface area contributed by atoms with Gasteiger partial charge in [0.25, 0.3) is 0 Å². The van der Waals surface area contributed by atoms with Crippen molar-refractivity contribution in [1.29, 1.82) is 0 Å². The Kier molecular flexibility index (Phi) is 6.41. The number of rotatable bonds is 6. The van der Waals surface area contributed by atoms with Crippen LogP contribution in [0.2, 0.25) is 0 Å². The molecule has 0 saturated carbocycles. The largest absolute Gasteiger partial charge is 0.496 e. The quantitative estimate of drug-likeness (QED) is 0.614. The molecule has 0 atom stereocenters. The highest BCUT2D eigenvalue weighted by atomic mass is 32.1. The van der Waals surface area contributed by atoms with Crippen LogP contribution in [0.15, 0.2) is 42.5 Å². The molecule has 0 radical (unpaired) electrons. The molecule has 3 nitrogen and oxygen atoms in total. The minimum absolute atomic E-state index is 0.662. The van der Waals surface area contributed by atoms with Crippen molar-refractivity contribution in [3.05, 3.63) is 59.2 Å². The van der Waals surface area contributed by atoms with Crippen LogP contribution in [0.5, 0.6) is 5.75 Å². The summed E-state index contributed by atoms with van der Waals surface area (Å²) in [6.07, 6.45) is 1.96. The highest BCUT2D eigenvalue weighted by molar-refractivity contribution is 7.80. The molecular formula is C19H24N2OS. The van der Waals surface area contributed by atoms with E-state index in [4.69, 9.17) is 17.0 Å². The van der Waals surface area contributed by atoms with Gasteiger partial charge in [-0.15, -0.1) is 0 Å². The van der Waals surface area contributed by atoms with Gasteiger partial charge < -0.3 is 15.4 Å². The van der Waals surface area contributed by atoms with Crippen LogP contribution in [0.25, 0.3) is 0 Å². The van der Waals surface area contributed by atoms with Crippen molar-refractivity contribution < 1.29 is 4.74 Å². The molecule has 0 spiro atoms. The number of aryl methyl sites for hydroxylation is 3. The third-order valence-corrected chi connectivity index (χ3v) is 3.83. The summed E-state index contributed by atoms with van der Waals surface area (Å²) in [6, 6.07) is 14.5. The molecule has 0 aliphatic carbocycles. The topological polar surface area (TPSA) is 33.3 Å². The van der Waals surface area contributed by atoms with E-state index in [0.29, 0.717) is 5.11 Å². The zero-order valence-electron chi connectivity index (χ0n) is 14.0. The first-order valence-corrected chi connectivity index (χ1v) is 8.24. The predicted octanol–water partition coefficient (Wildman–Crippen LogP) is 4.23. The fourth-order valence-corrected chi connectivity index (χ4v) is 2.83. The molecule has 2 aromatic carbocycles. The van der Waals surface area contributed by atoms with Gasteiger partial charge in [0.2, 0.25) is 0 Å². The number of thiocarbonyl (C=S) groups is 1. The average molecular weight is 328 g/mol. The van der Waals surface area contributed by atoms with Gasteiger partial charge in [-0.05, 0) is 73.8 Å². The van der Waals surface area contributed by atoms with Gasteiger partial charge in [-0.25, -0.2) is 0 Å². The third-order valence-electron chi connectivity index (χ3n) is 3.58. The minimum Gasteiger partial charge on any atom is -0.496 e. The summed E-state index contributed by atoms with van der Waals surface area (Å²) < 4.78 is 5.37. The Morgan fingerprint density at radius 3 is 2.48 bits per heavy atom. The molecule has 0 aliphatic heterocycles. The SMILES string of the molecule is COc1ccccc1CCCNC(=S)Nc1cc(C)cc(C)c1. The average Bonchev–Trinajstić information content (AvgIpc) is 2.51. The monoisotopic (exact) mass is 328 g/mol. The van der Waals surface area contributed by atoms with Crippen LogP contribution in [-0.2, 0) is 6.42 Å². The van der Waals surface area contributed by atoms with Crippen molar-refractivity contribution in [2.75, 3.05) is 19.0 Å². The smallest absolute Gasteiger partial charge is 0.170 e. The zero-order chi connectivity index (χ0) is 16.7. The molecule has 2 aromatic rings. The van der Waals surface area contributed by atoms with Crippen LogP contribution in [-0.4, -0.2) is 18.8 Å². The number of anilines is 1. The normalized spacial score (nSPS) is 10.2. The summed E-state index contributed by atoms with van der Waals surface area (Å²) in [5, 5.41) is 7.16. The lowest BCUT2D eigenvalue weighted by Gasteiger charge is -2.12. The van der Waals surface area contributed by atoms with E-state index in [-0.39, 0.29) is 0 Å². The van der Waals surface area contributed by atoms with E-state index in [1.807, 2.05) is 18.2 Å². The van der Waals surface area contributed by atoms with Gasteiger partial charge >= 0.3 is 0 Å². The maximum Gasteiger partial charge on any atom is 0.170 e. The second-order valence-corrected chi connectivity index (χ2v) is 6.08. The Morgan fingerprint density at radius 1 is 1.09 bits per heavy atom. The van der Waals surface area contributed by atoms with Crippen molar-refractivity contribution in [1.82, 2.24) is 5.32 Å². The van der Waals surface area contributed by atoms with Gasteiger partial charge in [0, 0.05) is 12.2 Å². The Hall–Kier alpha value is -2.07. The minimum atomic E-state index is 0.662. The maximum absolute atomic E-state index is 5.37. The standard InChI is InChI=1S/C19H24N2OS/c1-14-11-15(2)13-17(12-14)21-19(23)20-10-6-8-16-7-4-5-9-18(16)22-3/h4-5,7,9,11-13H,6,8,10H2,1-3H3,(H2,20,21,23). The Labute approximate surface area is 144 Å². The summed E-state index contributed by atoms with van der Waals surface area (Å²) in [6.45, 7) is 5.00. The van der Waals surface area contributed by atoms with Gasteiger partial charge in [-0.1, -0.05) is 24.3 Å². The van der Waals surface area contributed by atoms with Crippen LogP contribution in [0.1, 0.15) is 23.1 Å². The molecule has 0 unspecified atom stereocenters. The number of ether oxygens (including phenoxy) is 1. The van der Waals surface area contributed by atoms with Crippen LogP contribution in [0.3, 0.4) is 0 Å². The fourth-order valence-electron chi connectivity index (χ4n) is 2.61. The third kappa shape index (κ3) is 5.57. The van der Waals surface area contributed by atoms with E-state index in [9.17, 15) is 0 Å². The van der Waals surface area contributed by atoms with E-state index in [2.05, 4.69) is 48.7 Å². The summed E-state index contributed by atoms with van der Waals surface area (Å²) in [4.78, 5) is 0. The fraction of sp³-hybridized carbons (Fsp3) is 0.316. The first-order valence-electron chi connectivity index (χ1n) is 7.83. The molecule has 0 heterocycles. The van der Waals surface area contributed by atoms with Crippen molar-refractivity contribution in [2.24, 2.45) is 0 Å². The van der Waals surface area contributed by atoms with Crippen molar-refractivity contribution in [3.8, 4) is 5.75 Å². The van der Waals surface area contributed by atoms with E-state index < -0.39 is 0 Å². The maximum atomic E-state index is 5.37. The summed E-state index contributed by atoms with van der Waals surface area (Å²) in [5.41, 5.74) is 4.72. The summed E-state index contributed by atoms with van der Waals surface area (Å²) in [5.74, 6) is 0.948. The van der Waals surface area contributed by atoms with Crippen molar-refractivity contribution >= 4 is 23.0 Å². The van der Waals surface area contributed by atoms with Crippen molar-refractivity contribution in [3.63, 3.8) is 0 Å². The number of hydrogen-bond donors (Lipinski definition) is 2. The van der Waals surface area contributed by atoms with E-state index in [0.717, 1.165) is 30.8 Å². The molecule has 0 amide bonds. The van der Waals surface area contributed by atoms with Crippen molar-refractivity contribution in [2.45, 2.75) is 26.7 Å². The number of para-hydroxylation sites is 1. The van der Waals surface area contributed by atoms with Gasteiger partial charge in [-0.2, -0.15) is 0 Å². The molecule has 2 rings (SSSR count). The number of nitrogens with one attached hydrogen (secondary N) is 2. The molecule has 23 heavy (non-hydrogen) atoms. The van der Waals surface area contributed by atoms with Gasteiger partial charge in [-0.3, -0.25) is 0 Å². The molecular weight excluding hydrogens is 304 g/mol. The number of methoxy groups -OCH3 is 1. The van der Waals surface area contributed by atoms with E-state index in [1.165, 1.54) is 16.7 Å². The highest BCUT2D eigenvalue weighted by Gasteiger charge is 2.02. The first-order chi connectivity index (χ1) is 11.1. The molecule has 0 bridgehead atoms. The molecule has 122 valence electrons. The van der Waals surface area contributed by atoms with Crippen LogP contribution >= 0.6 is 12.2 Å². The summed E-state index contributed by atoms with van der Waals surface area (Å²) >= 11 is 5.35. The second kappa shape index (κ2) is 8.53. The van der Waals surface area contributed by atoms with Gasteiger partial charge in [0.15, 0.2) is 5.11 Å². The van der Waals surface area contributed by atoms with Crippen LogP contribution in [0.4, 0.5) is 5.69 Å². The molecule has 0 aliphatic rings. The lowest BCUT2D eigenvalue weighted by Crippen LogP contribution is -2.29. The van der Waals surface area contributed by atoms with E-state index >= 15 is 0 Å².